The lowest BCUT2D eigenvalue weighted by Crippen LogP contribution is -2.34. The van der Waals surface area contributed by atoms with Crippen molar-refractivity contribution in [3.63, 3.8) is 0 Å². The quantitative estimate of drug-likeness (QED) is 0.687. The maximum atomic E-state index is 11.9. The van der Waals surface area contributed by atoms with E-state index in [4.69, 9.17) is 0 Å². The second-order valence-electron chi connectivity index (χ2n) is 4.06. The Morgan fingerprint density at radius 1 is 1.38 bits per heavy atom. The van der Waals surface area contributed by atoms with Gasteiger partial charge in [0, 0.05) is 16.5 Å². The first-order chi connectivity index (χ1) is 7.75. The number of thiol groups is 1. The smallest absolute Gasteiger partial charge is 0.227 e. The molecule has 4 heteroatoms. The highest BCUT2D eigenvalue weighted by molar-refractivity contribution is 7.80. The Labute approximate surface area is 101 Å². The van der Waals surface area contributed by atoms with E-state index >= 15 is 0 Å². The molecule has 2 rings (SSSR count). The molecule has 1 aliphatic rings. The van der Waals surface area contributed by atoms with E-state index in [-0.39, 0.29) is 11.8 Å². The minimum absolute atomic E-state index is 0.125. The van der Waals surface area contributed by atoms with E-state index in [1.165, 1.54) is 0 Å². The standard InChI is InChI=1S/C12H16N2OS/c15-12(9-4-6-13-7-5-9)14-10-2-1-3-11(16)8-10/h1-3,8-9,13,16H,4-7H2,(H,14,15). The fourth-order valence-electron chi connectivity index (χ4n) is 1.91. The van der Waals surface area contributed by atoms with Gasteiger partial charge in [0.25, 0.3) is 0 Å². The molecule has 16 heavy (non-hydrogen) atoms. The van der Waals surface area contributed by atoms with Crippen molar-refractivity contribution in [3.05, 3.63) is 24.3 Å². The minimum Gasteiger partial charge on any atom is -0.326 e. The van der Waals surface area contributed by atoms with Gasteiger partial charge in [-0.25, -0.2) is 0 Å². The van der Waals surface area contributed by atoms with Crippen LogP contribution in [0.5, 0.6) is 0 Å². The lowest BCUT2D eigenvalue weighted by molar-refractivity contribution is -0.120. The fourth-order valence-corrected chi connectivity index (χ4v) is 2.14. The van der Waals surface area contributed by atoms with Crippen LogP contribution in [0, 0.1) is 5.92 Å². The van der Waals surface area contributed by atoms with Crippen molar-refractivity contribution >= 4 is 24.2 Å². The number of hydrogen-bond acceptors (Lipinski definition) is 3. The molecule has 0 atom stereocenters. The lowest BCUT2D eigenvalue weighted by atomic mass is 9.97. The Morgan fingerprint density at radius 2 is 2.12 bits per heavy atom. The normalized spacial score (nSPS) is 17.1. The Hall–Kier alpha value is -1.00. The molecular weight excluding hydrogens is 220 g/mol. The SMILES string of the molecule is O=C(Nc1cccc(S)c1)C1CCNCC1. The molecule has 2 N–H and O–H groups in total. The molecule has 1 heterocycles. The molecule has 0 aromatic heterocycles. The van der Waals surface area contributed by atoms with Gasteiger partial charge < -0.3 is 10.6 Å². The van der Waals surface area contributed by atoms with E-state index in [2.05, 4.69) is 23.3 Å². The number of nitrogens with one attached hydrogen (secondary N) is 2. The van der Waals surface area contributed by atoms with Crippen LogP contribution in [0.15, 0.2) is 29.2 Å². The van der Waals surface area contributed by atoms with Crippen molar-refractivity contribution in [2.75, 3.05) is 18.4 Å². The highest BCUT2D eigenvalue weighted by Gasteiger charge is 2.20. The van der Waals surface area contributed by atoms with Crippen molar-refractivity contribution in [3.8, 4) is 0 Å². The highest BCUT2D eigenvalue weighted by Crippen LogP contribution is 2.17. The van der Waals surface area contributed by atoms with Crippen LogP contribution in [0.25, 0.3) is 0 Å². The van der Waals surface area contributed by atoms with Gasteiger partial charge in [-0.2, -0.15) is 0 Å². The van der Waals surface area contributed by atoms with Crippen LogP contribution in [0.4, 0.5) is 5.69 Å². The van der Waals surface area contributed by atoms with Gasteiger partial charge >= 0.3 is 0 Å². The van der Waals surface area contributed by atoms with Gasteiger partial charge in [-0.1, -0.05) is 6.07 Å². The predicted octanol–water partition coefficient (Wildman–Crippen LogP) is 1.91. The summed E-state index contributed by atoms with van der Waals surface area (Å²) in [6.45, 7) is 1.87. The molecule has 0 unspecified atom stereocenters. The van der Waals surface area contributed by atoms with Crippen LogP contribution in [0.2, 0.25) is 0 Å². The van der Waals surface area contributed by atoms with E-state index in [0.29, 0.717) is 0 Å². The summed E-state index contributed by atoms with van der Waals surface area (Å²) >= 11 is 4.24. The van der Waals surface area contributed by atoms with Crippen LogP contribution in [0.3, 0.4) is 0 Å². The minimum atomic E-state index is 0.125. The first kappa shape index (κ1) is 11.5. The average Bonchev–Trinajstić information content (AvgIpc) is 2.30. The Bertz CT molecular complexity index is 375. The van der Waals surface area contributed by atoms with E-state index in [9.17, 15) is 4.79 Å². The average molecular weight is 236 g/mol. The van der Waals surface area contributed by atoms with E-state index in [1.807, 2.05) is 24.3 Å². The molecule has 1 aliphatic heterocycles. The van der Waals surface area contributed by atoms with Crippen LogP contribution >= 0.6 is 12.6 Å². The van der Waals surface area contributed by atoms with Gasteiger partial charge in [-0.05, 0) is 44.1 Å². The zero-order chi connectivity index (χ0) is 11.4. The van der Waals surface area contributed by atoms with Gasteiger partial charge in [-0.3, -0.25) is 4.79 Å². The largest absolute Gasteiger partial charge is 0.326 e. The molecule has 0 bridgehead atoms. The van der Waals surface area contributed by atoms with Crippen molar-refractivity contribution < 1.29 is 4.79 Å². The first-order valence-corrected chi connectivity index (χ1v) is 6.01. The Kier molecular flexibility index (Phi) is 3.85. The van der Waals surface area contributed by atoms with Gasteiger partial charge in [0.2, 0.25) is 5.91 Å². The molecule has 86 valence electrons. The third-order valence-electron chi connectivity index (χ3n) is 2.82. The molecule has 3 nitrogen and oxygen atoms in total. The van der Waals surface area contributed by atoms with Crippen LogP contribution in [-0.4, -0.2) is 19.0 Å². The number of benzene rings is 1. The van der Waals surface area contributed by atoms with E-state index in [1.54, 1.807) is 0 Å². The number of piperidine rings is 1. The maximum Gasteiger partial charge on any atom is 0.227 e. The number of carbonyl (C=O) groups excluding carboxylic acids is 1. The molecule has 1 saturated heterocycles. The summed E-state index contributed by atoms with van der Waals surface area (Å²) in [6.07, 6.45) is 1.85. The molecule has 0 saturated carbocycles. The Morgan fingerprint density at radius 3 is 2.81 bits per heavy atom. The monoisotopic (exact) mass is 236 g/mol. The molecule has 1 fully saturated rings. The summed E-state index contributed by atoms with van der Waals surface area (Å²) in [5, 5.41) is 6.19. The summed E-state index contributed by atoms with van der Waals surface area (Å²) in [4.78, 5) is 12.8. The van der Waals surface area contributed by atoms with Crippen LogP contribution < -0.4 is 10.6 Å². The van der Waals surface area contributed by atoms with Crippen molar-refractivity contribution in [2.45, 2.75) is 17.7 Å². The Balaban J connectivity index is 1.96. The molecule has 1 aromatic rings. The number of rotatable bonds is 2. The van der Waals surface area contributed by atoms with Crippen molar-refractivity contribution in [2.24, 2.45) is 5.92 Å². The summed E-state index contributed by atoms with van der Waals surface area (Å²) in [5.74, 6) is 0.269. The van der Waals surface area contributed by atoms with Crippen LogP contribution in [0.1, 0.15) is 12.8 Å². The molecule has 1 aromatic carbocycles. The third kappa shape index (κ3) is 3.00. The van der Waals surface area contributed by atoms with Gasteiger partial charge in [0.15, 0.2) is 0 Å². The molecular formula is C12H16N2OS. The first-order valence-electron chi connectivity index (χ1n) is 5.56. The predicted molar refractivity (Wildman–Crippen MR) is 67.9 cm³/mol. The number of hydrogen-bond donors (Lipinski definition) is 3. The number of carbonyl (C=O) groups is 1. The summed E-state index contributed by atoms with van der Waals surface area (Å²) in [7, 11) is 0. The summed E-state index contributed by atoms with van der Waals surface area (Å²) in [6, 6.07) is 7.53. The second kappa shape index (κ2) is 5.37. The molecule has 0 radical (unpaired) electrons. The zero-order valence-electron chi connectivity index (χ0n) is 9.07. The molecule has 0 spiro atoms. The van der Waals surface area contributed by atoms with E-state index in [0.717, 1.165) is 36.5 Å². The number of anilines is 1. The van der Waals surface area contributed by atoms with Gasteiger partial charge in [-0.15, -0.1) is 12.6 Å². The topological polar surface area (TPSA) is 41.1 Å². The van der Waals surface area contributed by atoms with Crippen LogP contribution in [-0.2, 0) is 4.79 Å². The lowest BCUT2D eigenvalue weighted by Gasteiger charge is -2.21. The molecule has 1 amide bonds. The van der Waals surface area contributed by atoms with Gasteiger partial charge in [0.05, 0.1) is 0 Å². The van der Waals surface area contributed by atoms with Gasteiger partial charge in [0.1, 0.15) is 0 Å². The highest BCUT2D eigenvalue weighted by atomic mass is 32.1. The number of amides is 1. The van der Waals surface area contributed by atoms with Crippen molar-refractivity contribution in [1.82, 2.24) is 5.32 Å². The van der Waals surface area contributed by atoms with Crippen molar-refractivity contribution in [1.29, 1.82) is 0 Å². The summed E-state index contributed by atoms with van der Waals surface area (Å²) < 4.78 is 0. The molecule has 0 aliphatic carbocycles. The maximum absolute atomic E-state index is 11.9. The fraction of sp³-hybridized carbons (Fsp3) is 0.417. The third-order valence-corrected chi connectivity index (χ3v) is 3.10. The zero-order valence-corrected chi connectivity index (χ0v) is 9.97. The second-order valence-corrected chi connectivity index (χ2v) is 4.58. The summed E-state index contributed by atoms with van der Waals surface area (Å²) in [5.41, 5.74) is 0.830. The van der Waals surface area contributed by atoms with E-state index < -0.39 is 0 Å².